The molecule has 0 saturated carbocycles. The van der Waals surface area contributed by atoms with E-state index < -0.39 is 0 Å². The van der Waals surface area contributed by atoms with E-state index in [2.05, 4.69) is 39.8 Å². The minimum Gasteiger partial charge on any atom is -0.398 e. The summed E-state index contributed by atoms with van der Waals surface area (Å²) in [6, 6.07) is 4.27. The van der Waals surface area contributed by atoms with Crippen LogP contribution in [-0.2, 0) is 0 Å². The van der Waals surface area contributed by atoms with Crippen LogP contribution in [0.15, 0.2) is 12.1 Å². The largest absolute Gasteiger partial charge is 0.398 e. The van der Waals surface area contributed by atoms with Crippen molar-refractivity contribution in [2.75, 3.05) is 5.73 Å². The molecule has 66 valence electrons. The van der Waals surface area contributed by atoms with Crippen molar-refractivity contribution in [1.82, 2.24) is 0 Å². The summed E-state index contributed by atoms with van der Waals surface area (Å²) >= 11 is 0. The molecule has 0 aromatic heterocycles. The zero-order chi connectivity index (χ0) is 9.30. The molecule has 0 unspecified atom stereocenters. The van der Waals surface area contributed by atoms with Gasteiger partial charge in [0.1, 0.15) is 0 Å². The van der Waals surface area contributed by atoms with Gasteiger partial charge in [-0.2, -0.15) is 0 Å². The Morgan fingerprint density at radius 2 is 1.75 bits per heavy atom. The van der Waals surface area contributed by atoms with Gasteiger partial charge in [0.05, 0.1) is 0 Å². The quantitative estimate of drug-likeness (QED) is 0.633. The number of hydrogen-bond acceptors (Lipinski definition) is 1. The molecule has 1 heteroatoms. The van der Waals surface area contributed by atoms with Crippen LogP contribution in [0.3, 0.4) is 0 Å². The summed E-state index contributed by atoms with van der Waals surface area (Å²) in [5.41, 5.74) is 10.7. The molecular formula is C11H17N. The fraction of sp³-hybridized carbons (Fsp3) is 0.455. The number of nitrogen functional groups attached to an aromatic ring is 1. The zero-order valence-electron chi connectivity index (χ0n) is 8.31. The second-order valence-corrected chi connectivity index (χ2v) is 3.67. The Kier molecular flexibility index (Phi) is 2.41. The maximum Gasteiger partial charge on any atom is 0.0381 e. The van der Waals surface area contributed by atoms with Crippen LogP contribution in [0.5, 0.6) is 0 Å². The highest BCUT2D eigenvalue weighted by atomic mass is 14.6. The van der Waals surface area contributed by atoms with Gasteiger partial charge in [-0.3, -0.25) is 0 Å². The molecule has 0 radical (unpaired) electrons. The summed E-state index contributed by atoms with van der Waals surface area (Å²) in [6.45, 7) is 8.51. The second kappa shape index (κ2) is 3.18. The Morgan fingerprint density at radius 1 is 1.17 bits per heavy atom. The fourth-order valence-corrected chi connectivity index (χ4v) is 1.36. The van der Waals surface area contributed by atoms with Crippen LogP contribution < -0.4 is 5.73 Å². The summed E-state index contributed by atoms with van der Waals surface area (Å²) < 4.78 is 0. The number of rotatable bonds is 1. The van der Waals surface area contributed by atoms with Crippen LogP contribution in [0.25, 0.3) is 0 Å². The molecule has 0 aliphatic rings. The lowest BCUT2D eigenvalue weighted by Crippen LogP contribution is -2.00. The summed E-state index contributed by atoms with van der Waals surface area (Å²) in [4.78, 5) is 0. The highest BCUT2D eigenvalue weighted by Gasteiger charge is 2.06. The van der Waals surface area contributed by atoms with Gasteiger partial charge in [0.2, 0.25) is 0 Å². The van der Waals surface area contributed by atoms with E-state index >= 15 is 0 Å². The van der Waals surface area contributed by atoms with Crippen LogP contribution >= 0.6 is 0 Å². The van der Waals surface area contributed by atoms with Gasteiger partial charge in [-0.05, 0) is 36.5 Å². The smallest absolute Gasteiger partial charge is 0.0381 e. The standard InChI is InChI=1S/C11H17N/c1-7(2)10-6-5-8(3)9(4)11(10)12/h5-7H,12H2,1-4H3. The van der Waals surface area contributed by atoms with Gasteiger partial charge >= 0.3 is 0 Å². The third-order valence-corrected chi connectivity index (χ3v) is 2.44. The van der Waals surface area contributed by atoms with Crippen LogP contribution in [0.2, 0.25) is 0 Å². The SMILES string of the molecule is Cc1ccc(C(C)C)c(N)c1C. The van der Waals surface area contributed by atoms with Crippen LogP contribution in [0.4, 0.5) is 5.69 Å². The normalized spacial score (nSPS) is 10.8. The Balaban J connectivity index is 3.27. The third-order valence-electron chi connectivity index (χ3n) is 2.44. The molecule has 12 heavy (non-hydrogen) atoms. The number of aryl methyl sites for hydroxylation is 1. The molecular weight excluding hydrogens is 146 g/mol. The van der Waals surface area contributed by atoms with Gasteiger partial charge in [-0.15, -0.1) is 0 Å². The Hall–Kier alpha value is -0.980. The number of anilines is 1. The van der Waals surface area contributed by atoms with Gasteiger partial charge in [0.15, 0.2) is 0 Å². The van der Waals surface area contributed by atoms with Crippen LogP contribution in [0, 0.1) is 13.8 Å². The molecule has 0 saturated heterocycles. The first-order chi connectivity index (χ1) is 5.54. The van der Waals surface area contributed by atoms with Crippen molar-refractivity contribution in [2.45, 2.75) is 33.6 Å². The van der Waals surface area contributed by atoms with Gasteiger partial charge in [0, 0.05) is 5.69 Å². The van der Waals surface area contributed by atoms with E-state index in [0.29, 0.717) is 5.92 Å². The summed E-state index contributed by atoms with van der Waals surface area (Å²) in [7, 11) is 0. The number of nitrogens with two attached hydrogens (primary N) is 1. The predicted molar refractivity (Wildman–Crippen MR) is 54.4 cm³/mol. The molecule has 0 spiro atoms. The highest BCUT2D eigenvalue weighted by molar-refractivity contribution is 5.57. The Bertz CT molecular complexity index is 287. The highest BCUT2D eigenvalue weighted by Crippen LogP contribution is 2.26. The monoisotopic (exact) mass is 163 g/mol. The van der Waals surface area contributed by atoms with Crippen molar-refractivity contribution in [3.63, 3.8) is 0 Å². The lowest BCUT2D eigenvalue weighted by molar-refractivity contribution is 0.867. The van der Waals surface area contributed by atoms with Gasteiger partial charge < -0.3 is 5.73 Å². The Morgan fingerprint density at radius 3 is 2.25 bits per heavy atom. The van der Waals surface area contributed by atoms with Crippen LogP contribution in [0.1, 0.15) is 36.5 Å². The van der Waals surface area contributed by atoms with Crippen molar-refractivity contribution in [1.29, 1.82) is 0 Å². The lowest BCUT2D eigenvalue weighted by Gasteiger charge is -2.13. The molecule has 0 atom stereocenters. The minimum absolute atomic E-state index is 0.518. The molecule has 0 aliphatic carbocycles. The molecule has 1 rings (SSSR count). The third kappa shape index (κ3) is 1.45. The number of hydrogen-bond donors (Lipinski definition) is 1. The zero-order valence-corrected chi connectivity index (χ0v) is 8.31. The maximum absolute atomic E-state index is 5.98. The number of benzene rings is 1. The molecule has 1 nitrogen and oxygen atoms in total. The average molecular weight is 163 g/mol. The first-order valence-corrected chi connectivity index (χ1v) is 4.39. The van der Waals surface area contributed by atoms with E-state index in [1.165, 1.54) is 16.7 Å². The van der Waals surface area contributed by atoms with E-state index in [1.807, 2.05) is 0 Å². The topological polar surface area (TPSA) is 26.0 Å². The fourth-order valence-electron chi connectivity index (χ4n) is 1.36. The van der Waals surface area contributed by atoms with Gasteiger partial charge in [-0.1, -0.05) is 26.0 Å². The maximum atomic E-state index is 5.98. The molecule has 1 aromatic carbocycles. The molecule has 0 fully saturated rings. The minimum atomic E-state index is 0.518. The summed E-state index contributed by atoms with van der Waals surface area (Å²) in [6.07, 6.45) is 0. The molecule has 0 aliphatic heterocycles. The van der Waals surface area contributed by atoms with E-state index in [1.54, 1.807) is 0 Å². The average Bonchev–Trinajstić information content (AvgIpc) is 2.00. The molecule has 1 aromatic rings. The van der Waals surface area contributed by atoms with Gasteiger partial charge in [0.25, 0.3) is 0 Å². The van der Waals surface area contributed by atoms with E-state index in [-0.39, 0.29) is 0 Å². The van der Waals surface area contributed by atoms with E-state index in [9.17, 15) is 0 Å². The summed E-state index contributed by atoms with van der Waals surface area (Å²) in [5.74, 6) is 0.518. The second-order valence-electron chi connectivity index (χ2n) is 3.67. The first kappa shape index (κ1) is 9.11. The molecule has 2 N–H and O–H groups in total. The first-order valence-electron chi connectivity index (χ1n) is 4.39. The predicted octanol–water partition coefficient (Wildman–Crippen LogP) is 3.01. The van der Waals surface area contributed by atoms with Crippen molar-refractivity contribution < 1.29 is 0 Å². The van der Waals surface area contributed by atoms with Crippen molar-refractivity contribution >= 4 is 5.69 Å². The van der Waals surface area contributed by atoms with E-state index in [4.69, 9.17) is 5.73 Å². The summed E-state index contributed by atoms with van der Waals surface area (Å²) in [5, 5.41) is 0. The molecule has 0 amide bonds. The molecule has 0 heterocycles. The van der Waals surface area contributed by atoms with E-state index in [0.717, 1.165) is 5.69 Å². The lowest BCUT2D eigenvalue weighted by atomic mass is 9.96. The van der Waals surface area contributed by atoms with Crippen molar-refractivity contribution in [3.8, 4) is 0 Å². The van der Waals surface area contributed by atoms with Crippen molar-refractivity contribution in [3.05, 3.63) is 28.8 Å². The van der Waals surface area contributed by atoms with Crippen LogP contribution in [-0.4, -0.2) is 0 Å². The Labute approximate surface area is 74.6 Å². The molecule has 0 bridgehead atoms. The van der Waals surface area contributed by atoms with Gasteiger partial charge in [-0.25, -0.2) is 0 Å². The van der Waals surface area contributed by atoms with Crippen molar-refractivity contribution in [2.24, 2.45) is 0 Å².